The van der Waals surface area contributed by atoms with Crippen LogP contribution in [0.1, 0.15) is 16.1 Å². The minimum Gasteiger partial charge on any atom is -0.319 e. The van der Waals surface area contributed by atoms with Crippen molar-refractivity contribution in [1.82, 2.24) is 4.98 Å². The number of pyridine rings is 1. The Bertz CT molecular complexity index is 964. The van der Waals surface area contributed by atoms with Crippen molar-refractivity contribution in [2.24, 2.45) is 0 Å². The van der Waals surface area contributed by atoms with Crippen molar-refractivity contribution >= 4 is 45.7 Å². The van der Waals surface area contributed by atoms with Crippen molar-refractivity contribution in [3.63, 3.8) is 0 Å². The van der Waals surface area contributed by atoms with Crippen molar-refractivity contribution in [2.45, 2.75) is 0 Å². The number of nitrogens with one attached hydrogen (secondary N) is 1. The molecule has 3 rings (SSSR count). The molecule has 0 fully saturated rings. The lowest BCUT2D eigenvalue weighted by Gasteiger charge is -2.08. The van der Waals surface area contributed by atoms with E-state index in [-0.39, 0.29) is 5.69 Å². The van der Waals surface area contributed by atoms with Crippen LogP contribution in [-0.2, 0) is 0 Å². The van der Waals surface area contributed by atoms with E-state index >= 15 is 0 Å². The largest absolute Gasteiger partial charge is 0.319 e. The number of carbonyl (C=O) groups is 1. The smallest absolute Gasteiger partial charge is 0.274 e. The topological polar surface area (TPSA) is 65.8 Å². The second-order valence-electron chi connectivity index (χ2n) is 4.79. The third kappa shape index (κ3) is 3.26. The predicted molar refractivity (Wildman–Crippen MR) is 90.9 cm³/mol. The van der Waals surface area contributed by atoms with Crippen LogP contribution < -0.4 is 5.32 Å². The number of carbonyl (C=O) groups excluding carboxylic acids is 1. The third-order valence-corrected chi connectivity index (χ3v) is 3.80. The van der Waals surface area contributed by atoms with Crippen LogP contribution in [0.2, 0.25) is 10.0 Å². The first-order valence-corrected chi connectivity index (χ1v) is 7.40. The van der Waals surface area contributed by atoms with Crippen LogP contribution in [0.25, 0.3) is 10.9 Å². The lowest BCUT2D eigenvalue weighted by molar-refractivity contribution is 0.102. The summed E-state index contributed by atoms with van der Waals surface area (Å²) >= 11 is 12.0. The van der Waals surface area contributed by atoms with Crippen LogP contribution in [0.3, 0.4) is 0 Å². The molecule has 0 saturated heterocycles. The molecule has 1 amide bonds. The molecule has 0 aliphatic rings. The summed E-state index contributed by atoms with van der Waals surface area (Å²) in [4.78, 5) is 16.6. The lowest BCUT2D eigenvalue weighted by atomic mass is 10.2. The summed E-state index contributed by atoms with van der Waals surface area (Å²) in [5, 5.41) is 13.4. The molecule has 112 valence electrons. The van der Waals surface area contributed by atoms with Crippen LogP contribution in [0.5, 0.6) is 0 Å². The molecule has 1 N–H and O–H groups in total. The summed E-state index contributed by atoms with van der Waals surface area (Å²) in [6, 6.07) is 15.3. The van der Waals surface area contributed by atoms with Crippen molar-refractivity contribution in [2.75, 3.05) is 5.32 Å². The Hall–Kier alpha value is -2.61. The molecule has 1 aromatic heterocycles. The van der Waals surface area contributed by atoms with Gasteiger partial charge in [0.05, 0.1) is 27.9 Å². The second kappa shape index (κ2) is 6.25. The summed E-state index contributed by atoms with van der Waals surface area (Å²) in [5.41, 5.74) is 1.63. The van der Waals surface area contributed by atoms with Crippen LogP contribution in [0.15, 0.2) is 48.5 Å². The van der Waals surface area contributed by atoms with E-state index in [4.69, 9.17) is 28.5 Å². The highest BCUT2D eigenvalue weighted by Crippen LogP contribution is 2.24. The SMILES string of the molecule is N#Cc1ccc(Cl)c(NC(=O)c2ccc3ccc(Cl)cc3n2)c1. The van der Waals surface area contributed by atoms with Gasteiger partial charge in [0, 0.05) is 10.4 Å². The molecule has 0 radical (unpaired) electrons. The van der Waals surface area contributed by atoms with E-state index in [1.807, 2.05) is 12.1 Å². The van der Waals surface area contributed by atoms with Crippen molar-refractivity contribution in [3.8, 4) is 6.07 Å². The number of amides is 1. The molecule has 3 aromatic rings. The maximum Gasteiger partial charge on any atom is 0.274 e. The molecule has 0 aliphatic heterocycles. The fourth-order valence-corrected chi connectivity index (χ4v) is 2.42. The Morgan fingerprint density at radius 3 is 2.65 bits per heavy atom. The number of rotatable bonds is 2. The number of halogens is 2. The minimum atomic E-state index is -0.413. The van der Waals surface area contributed by atoms with Gasteiger partial charge in [0.2, 0.25) is 0 Å². The number of fused-ring (bicyclic) bond motifs is 1. The van der Waals surface area contributed by atoms with E-state index in [0.29, 0.717) is 26.8 Å². The Morgan fingerprint density at radius 1 is 1.09 bits per heavy atom. The number of hydrogen-bond acceptors (Lipinski definition) is 3. The molecule has 1 heterocycles. The zero-order chi connectivity index (χ0) is 16.4. The molecule has 0 saturated carbocycles. The fourth-order valence-electron chi connectivity index (χ4n) is 2.09. The van der Waals surface area contributed by atoms with Gasteiger partial charge < -0.3 is 5.32 Å². The highest BCUT2D eigenvalue weighted by molar-refractivity contribution is 6.34. The minimum absolute atomic E-state index is 0.234. The van der Waals surface area contributed by atoms with Gasteiger partial charge in [-0.1, -0.05) is 35.3 Å². The summed E-state index contributed by atoms with van der Waals surface area (Å²) in [7, 11) is 0. The second-order valence-corrected chi connectivity index (χ2v) is 5.64. The number of nitriles is 1. The molecular weight excluding hydrogens is 333 g/mol. The van der Waals surface area contributed by atoms with Crippen LogP contribution in [0, 0.1) is 11.3 Å². The highest BCUT2D eigenvalue weighted by atomic mass is 35.5. The van der Waals surface area contributed by atoms with E-state index < -0.39 is 5.91 Å². The number of benzene rings is 2. The van der Waals surface area contributed by atoms with Gasteiger partial charge in [0.15, 0.2) is 0 Å². The van der Waals surface area contributed by atoms with Crippen LogP contribution in [0.4, 0.5) is 5.69 Å². The molecule has 0 bridgehead atoms. The summed E-state index contributed by atoms with van der Waals surface area (Å²) < 4.78 is 0. The van der Waals surface area contributed by atoms with Crippen molar-refractivity contribution in [1.29, 1.82) is 5.26 Å². The van der Waals surface area contributed by atoms with Gasteiger partial charge in [-0.05, 0) is 36.4 Å². The first-order valence-electron chi connectivity index (χ1n) is 6.64. The van der Waals surface area contributed by atoms with Gasteiger partial charge in [0.1, 0.15) is 5.69 Å². The summed E-state index contributed by atoms with van der Waals surface area (Å²) in [6.07, 6.45) is 0. The summed E-state index contributed by atoms with van der Waals surface area (Å²) in [5.74, 6) is -0.413. The predicted octanol–water partition coefficient (Wildman–Crippen LogP) is 4.67. The fraction of sp³-hybridized carbons (Fsp3) is 0. The van der Waals surface area contributed by atoms with E-state index in [1.54, 1.807) is 36.4 Å². The number of nitrogens with zero attached hydrogens (tertiary/aromatic N) is 2. The Morgan fingerprint density at radius 2 is 1.87 bits per heavy atom. The number of anilines is 1. The normalized spacial score (nSPS) is 10.3. The first-order chi connectivity index (χ1) is 11.1. The average Bonchev–Trinajstić information content (AvgIpc) is 2.56. The third-order valence-electron chi connectivity index (χ3n) is 3.23. The Balaban J connectivity index is 1.93. The highest BCUT2D eigenvalue weighted by Gasteiger charge is 2.11. The van der Waals surface area contributed by atoms with Gasteiger partial charge in [0.25, 0.3) is 5.91 Å². The molecular formula is C17H9Cl2N3O. The molecule has 0 unspecified atom stereocenters. The molecule has 0 aliphatic carbocycles. The first kappa shape index (κ1) is 15.3. The summed E-state index contributed by atoms with van der Waals surface area (Å²) in [6.45, 7) is 0. The molecule has 4 nitrogen and oxygen atoms in total. The molecule has 2 aromatic carbocycles. The maximum atomic E-state index is 12.3. The maximum absolute atomic E-state index is 12.3. The van der Waals surface area contributed by atoms with Crippen LogP contribution in [-0.4, -0.2) is 10.9 Å². The van der Waals surface area contributed by atoms with Gasteiger partial charge in [-0.25, -0.2) is 4.98 Å². The molecule has 6 heteroatoms. The monoisotopic (exact) mass is 341 g/mol. The standard InChI is InChI=1S/C17H9Cl2N3O/c18-12-4-2-11-3-6-14(21-15(11)8-12)17(23)22-16-7-10(9-20)1-5-13(16)19/h1-8H,(H,22,23). The zero-order valence-corrected chi connectivity index (χ0v) is 13.2. The molecule has 0 atom stereocenters. The van der Waals surface area contributed by atoms with Crippen LogP contribution >= 0.6 is 23.2 Å². The van der Waals surface area contributed by atoms with E-state index in [0.717, 1.165) is 5.39 Å². The Kier molecular flexibility index (Phi) is 4.16. The van der Waals surface area contributed by atoms with E-state index in [1.165, 1.54) is 6.07 Å². The number of hydrogen-bond donors (Lipinski definition) is 1. The van der Waals surface area contributed by atoms with E-state index in [9.17, 15) is 4.79 Å². The molecule has 0 spiro atoms. The van der Waals surface area contributed by atoms with Gasteiger partial charge in [-0.3, -0.25) is 4.79 Å². The van der Waals surface area contributed by atoms with Crippen molar-refractivity contribution < 1.29 is 4.79 Å². The van der Waals surface area contributed by atoms with Crippen molar-refractivity contribution in [3.05, 3.63) is 69.8 Å². The average molecular weight is 342 g/mol. The van der Waals surface area contributed by atoms with E-state index in [2.05, 4.69) is 10.3 Å². The zero-order valence-electron chi connectivity index (χ0n) is 11.7. The van der Waals surface area contributed by atoms with Gasteiger partial charge in [-0.15, -0.1) is 0 Å². The Labute approximate surface area is 142 Å². The lowest BCUT2D eigenvalue weighted by Crippen LogP contribution is -2.14. The quantitative estimate of drug-likeness (QED) is 0.736. The molecule has 23 heavy (non-hydrogen) atoms. The number of aromatic nitrogens is 1. The van der Waals surface area contributed by atoms with Gasteiger partial charge in [-0.2, -0.15) is 5.26 Å². The van der Waals surface area contributed by atoms with Gasteiger partial charge >= 0.3 is 0 Å².